The molecule has 1 rings (SSSR count). The molecule has 0 aliphatic carbocycles. The van der Waals surface area contributed by atoms with Crippen molar-refractivity contribution in [2.75, 3.05) is 0 Å². The van der Waals surface area contributed by atoms with E-state index in [0.717, 1.165) is 0 Å². The molecule has 0 fully saturated rings. The zero-order valence-corrected chi connectivity index (χ0v) is 5.73. The minimum absolute atomic E-state index is 0.127. The van der Waals surface area contributed by atoms with Crippen molar-refractivity contribution in [1.82, 2.24) is 0 Å². The van der Waals surface area contributed by atoms with Crippen LogP contribution in [0, 0.1) is 0 Å². The van der Waals surface area contributed by atoms with Crippen LogP contribution in [-0.4, -0.2) is 11.4 Å². The summed E-state index contributed by atoms with van der Waals surface area (Å²) < 4.78 is 0. The fraction of sp³-hybridized carbons (Fsp3) is 0.125. The first-order valence-electron chi connectivity index (χ1n) is 3.13. The Hall–Kier alpha value is -1.19. The Kier molecular flexibility index (Phi) is 2.36. The van der Waals surface area contributed by atoms with Gasteiger partial charge in [-0.05, 0) is 5.56 Å². The van der Waals surface area contributed by atoms with Gasteiger partial charge in [0, 0.05) is 11.9 Å². The predicted octanol–water partition coefficient (Wildman–Crippen LogP) is -0.150. The van der Waals surface area contributed by atoms with E-state index in [0.29, 0.717) is 6.29 Å². The second kappa shape index (κ2) is 3.27. The lowest BCUT2D eigenvalue weighted by molar-refractivity contribution is -0.490. The van der Waals surface area contributed by atoms with Crippen LogP contribution in [0.25, 0.3) is 0 Å². The Balaban J connectivity index is 3.12. The van der Waals surface area contributed by atoms with Crippen molar-refractivity contribution in [1.29, 1.82) is 0 Å². The summed E-state index contributed by atoms with van der Waals surface area (Å²) in [5.41, 5.74) is 0.373. The molecule has 1 N–H and O–H groups in total. The van der Waals surface area contributed by atoms with Crippen LogP contribution in [0.4, 0.5) is 0 Å². The van der Waals surface area contributed by atoms with Gasteiger partial charge in [0.25, 0.3) is 0 Å². The van der Waals surface area contributed by atoms with E-state index in [9.17, 15) is 9.90 Å². The van der Waals surface area contributed by atoms with E-state index in [1.807, 2.05) is 0 Å². The third kappa shape index (κ3) is 1.63. The third-order valence-electron chi connectivity index (χ3n) is 1.39. The molecular weight excluding hydrogens is 144 g/mol. The van der Waals surface area contributed by atoms with Gasteiger partial charge in [-0.15, -0.1) is 0 Å². The van der Waals surface area contributed by atoms with Gasteiger partial charge >= 0.3 is 0 Å². The number of aliphatic hydroxyl groups is 1. The molecule has 58 valence electrons. The first-order chi connectivity index (χ1) is 5.25. The Morgan fingerprint density at radius 3 is 2.55 bits per heavy atom. The number of aliphatic hydroxyl groups excluding tert-OH is 1. The van der Waals surface area contributed by atoms with Gasteiger partial charge in [-0.25, -0.2) is 0 Å². The standard InChI is InChI=1S/C8H7O3/c9-5-6-3-1-2-4-7(6)8(10)11/h1-5,8,10H/q-1. The summed E-state index contributed by atoms with van der Waals surface area (Å²) in [4.78, 5) is 10.3. The Bertz CT molecular complexity index is 255. The maximum Gasteiger partial charge on any atom is 0.150 e. The molecule has 1 aromatic carbocycles. The van der Waals surface area contributed by atoms with E-state index in [2.05, 4.69) is 0 Å². The molecule has 0 amide bonds. The maximum absolute atomic E-state index is 10.5. The molecule has 3 heteroatoms. The van der Waals surface area contributed by atoms with Gasteiger partial charge in [0.05, 0.1) is 0 Å². The monoisotopic (exact) mass is 151 g/mol. The van der Waals surface area contributed by atoms with Crippen molar-refractivity contribution in [2.45, 2.75) is 6.29 Å². The zero-order valence-electron chi connectivity index (χ0n) is 5.73. The van der Waals surface area contributed by atoms with E-state index < -0.39 is 6.29 Å². The van der Waals surface area contributed by atoms with Crippen molar-refractivity contribution in [3.63, 3.8) is 0 Å². The predicted molar refractivity (Wildman–Crippen MR) is 36.8 cm³/mol. The Morgan fingerprint density at radius 2 is 2.09 bits per heavy atom. The summed E-state index contributed by atoms with van der Waals surface area (Å²) in [5.74, 6) is 0. The maximum atomic E-state index is 10.5. The van der Waals surface area contributed by atoms with Crippen molar-refractivity contribution < 1.29 is 15.0 Å². The Labute approximate surface area is 63.9 Å². The molecule has 0 aromatic heterocycles. The molecule has 3 nitrogen and oxygen atoms in total. The van der Waals surface area contributed by atoms with E-state index in [1.165, 1.54) is 12.1 Å². The normalized spacial score (nSPS) is 12.5. The van der Waals surface area contributed by atoms with Crippen LogP contribution in [0.15, 0.2) is 24.3 Å². The highest BCUT2D eigenvalue weighted by atomic mass is 16.5. The molecule has 11 heavy (non-hydrogen) atoms. The highest BCUT2D eigenvalue weighted by Crippen LogP contribution is 2.10. The lowest BCUT2D eigenvalue weighted by Crippen LogP contribution is -2.15. The van der Waals surface area contributed by atoms with Gasteiger partial charge in [-0.3, -0.25) is 4.79 Å². The number of benzene rings is 1. The fourth-order valence-corrected chi connectivity index (χ4v) is 0.843. The minimum atomic E-state index is -1.82. The second-order valence-electron chi connectivity index (χ2n) is 2.10. The first kappa shape index (κ1) is 7.91. The average Bonchev–Trinajstić information content (AvgIpc) is 2.04. The van der Waals surface area contributed by atoms with Gasteiger partial charge in [0.2, 0.25) is 0 Å². The first-order valence-corrected chi connectivity index (χ1v) is 3.13. The topological polar surface area (TPSA) is 60.4 Å². The SMILES string of the molecule is O=Cc1ccccc1C([O-])O. The molecule has 1 unspecified atom stereocenters. The molecule has 0 spiro atoms. The van der Waals surface area contributed by atoms with Crippen molar-refractivity contribution in [2.24, 2.45) is 0 Å². The largest absolute Gasteiger partial charge is 0.828 e. The van der Waals surface area contributed by atoms with Gasteiger partial charge in [0.15, 0.2) is 0 Å². The summed E-state index contributed by atoms with van der Waals surface area (Å²) in [6.45, 7) is 0. The number of carbonyl (C=O) groups is 1. The molecule has 0 aliphatic rings. The van der Waals surface area contributed by atoms with Crippen LogP contribution in [0.5, 0.6) is 0 Å². The van der Waals surface area contributed by atoms with Gasteiger partial charge in [-0.2, -0.15) is 0 Å². The van der Waals surface area contributed by atoms with Gasteiger partial charge < -0.3 is 10.2 Å². The summed E-state index contributed by atoms with van der Waals surface area (Å²) in [7, 11) is 0. The van der Waals surface area contributed by atoms with Crippen molar-refractivity contribution in [3.8, 4) is 0 Å². The number of aldehydes is 1. The summed E-state index contributed by atoms with van der Waals surface area (Å²) >= 11 is 0. The van der Waals surface area contributed by atoms with Gasteiger partial charge in [0.1, 0.15) is 6.29 Å². The molecule has 0 saturated carbocycles. The zero-order chi connectivity index (χ0) is 8.27. The van der Waals surface area contributed by atoms with Crippen LogP contribution in [0.2, 0.25) is 0 Å². The summed E-state index contributed by atoms with van der Waals surface area (Å²) in [6.07, 6.45) is -1.27. The van der Waals surface area contributed by atoms with Crippen LogP contribution in [0.1, 0.15) is 22.2 Å². The lowest BCUT2D eigenvalue weighted by Gasteiger charge is -2.16. The third-order valence-corrected chi connectivity index (χ3v) is 1.39. The highest BCUT2D eigenvalue weighted by Gasteiger charge is 1.99. The minimum Gasteiger partial charge on any atom is -0.828 e. The number of rotatable bonds is 2. The lowest BCUT2D eigenvalue weighted by atomic mass is 10.1. The molecule has 0 heterocycles. The molecule has 0 radical (unpaired) electrons. The Morgan fingerprint density at radius 1 is 1.45 bits per heavy atom. The highest BCUT2D eigenvalue weighted by molar-refractivity contribution is 5.77. The van der Waals surface area contributed by atoms with E-state index >= 15 is 0 Å². The van der Waals surface area contributed by atoms with E-state index in [1.54, 1.807) is 12.1 Å². The smallest absolute Gasteiger partial charge is 0.150 e. The summed E-state index contributed by atoms with van der Waals surface area (Å²) in [6, 6.07) is 6.16. The molecule has 1 aromatic rings. The fourth-order valence-electron chi connectivity index (χ4n) is 0.843. The van der Waals surface area contributed by atoms with Crippen LogP contribution in [0.3, 0.4) is 0 Å². The van der Waals surface area contributed by atoms with Crippen LogP contribution in [-0.2, 0) is 0 Å². The van der Waals surface area contributed by atoms with Crippen molar-refractivity contribution >= 4 is 6.29 Å². The molecule has 0 saturated heterocycles. The molecular formula is C8H7O3-. The summed E-state index contributed by atoms with van der Waals surface area (Å²) in [5, 5.41) is 19.1. The average molecular weight is 151 g/mol. The van der Waals surface area contributed by atoms with E-state index in [-0.39, 0.29) is 11.1 Å². The van der Waals surface area contributed by atoms with Crippen molar-refractivity contribution in [3.05, 3.63) is 35.4 Å². The molecule has 0 aliphatic heterocycles. The van der Waals surface area contributed by atoms with E-state index in [4.69, 9.17) is 5.11 Å². The number of hydrogen-bond donors (Lipinski definition) is 1. The molecule has 0 bridgehead atoms. The quantitative estimate of drug-likeness (QED) is 0.472. The van der Waals surface area contributed by atoms with Crippen LogP contribution >= 0.6 is 0 Å². The molecule has 1 atom stereocenters. The number of hydrogen-bond acceptors (Lipinski definition) is 3. The van der Waals surface area contributed by atoms with Gasteiger partial charge in [-0.1, -0.05) is 24.3 Å². The second-order valence-corrected chi connectivity index (χ2v) is 2.10. The number of carbonyl (C=O) groups excluding carboxylic acids is 1. The van der Waals surface area contributed by atoms with Crippen LogP contribution < -0.4 is 5.11 Å².